The van der Waals surface area contributed by atoms with E-state index in [9.17, 15) is 4.79 Å². The summed E-state index contributed by atoms with van der Waals surface area (Å²) in [6.07, 6.45) is 8.30. The maximum Gasteiger partial charge on any atom is 0.223 e. The average Bonchev–Trinajstić information content (AvgIpc) is 2.15. The summed E-state index contributed by atoms with van der Waals surface area (Å²) in [5.41, 5.74) is 0. The lowest BCUT2D eigenvalue weighted by atomic mass is 9.94. The second kappa shape index (κ2) is 4.96. The molecule has 0 heterocycles. The molecule has 1 unspecified atom stereocenters. The Bertz CT molecular complexity index is 175. The monoisotopic (exact) mass is 167 g/mol. The molecule has 1 aliphatic rings. The highest BCUT2D eigenvalue weighted by Crippen LogP contribution is 2.17. The van der Waals surface area contributed by atoms with E-state index >= 15 is 0 Å². The lowest BCUT2D eigenvalue weighted by molar-refractivity contribution is -0.125. The van der Waals surface area contributed by atoms with Gasteiger partial charge in [-0.1, -0.05) is 19.1 Å². The van der Waals surface area contributed by atoms with Crippen LogP contribution in [0.2, 0.25) is 0 Å². The minimum Gasteiger partial charge on any atom is -0.356 e. The van der Waals surface area contributed by atoms with E-state index < -0.39 is 0 Å². The zero-order chi connectivity index (χ0) is 8.81. The van der Waals surface area contributed by atoms with Gasteiger partial charge in [0.05, 0.1) is 0 Å². The van der Waals surface area contributed by atoms with Gasteiger partial charge in [0, 0.05) is 12.5 Å². The molecule has 1 atom stereocenters. The second-order valence-electron chi connectivity index (χ2n) is 3.27. The number of carbonyl (C=O) groups excluding carboxylic acids is 1. The van der Waals surface area contributed by atoms with Crippen LogP contribution in [0.5, 0.6) is 0 Å². The van der Waals surface area contributed by atoms with Gasteiger partial charge in [-0.05, 0) is 25.7 Å². The fraction of sp³-hybridized carbons (Fsp3) is 0.700. The SMILES string of the molecule is CCCNC(=O)C1CC=CCC1. The number of hydrogen-bond acceptors (Lipinski definition) is 1. The lowest BCUT2D eigenvalue weighted by Gasteiger charge is -2.16. The Balaban J connectivity index is 2.26. The van der Waals surface area contributed by atoms with Crippen LogP contribution in [0.15, 0.2) is 12.2 Å². The highest BCUT2D eigenvalue weighted by Gasteiger charge is 2.17. The molecule has 1 amide bonds. The molecule has 0 spiro atoms. The van der Waals surface area contributed by atoms with E-state index in [1.165, 1.54) is 0 Å². The molecule has 0 radical (unpaired) electrons. The zero-order valence-electron chi connectivity index (χ0n) is 7.68. The summed E-state index contributed by atoms with van der Waals surface area (Å²) in [5.74, 6) is 0.475. The smallest absolute Gasteiger partial charge is 0.223 e. The third kappa shape index (κ3) is 2.68. The molecule has 68 valence electrons. The highest BCUT2D eigenvalue weighted by atomic mass is 16.1. The van der Waals surface area contributed by atoms with Crippen molar-refractivity contribution < 1.29 is 4.79 Å². The molecule has 0 aliphatic heterocycles. The van der Waals surface area contributed by atoms with E-state index in [2.05, 4.69) is 24.4 Å². The second-order valence-corrected chi connectivity index (χ2v) is 3.27. The average molecular weight is 167 g/mol. The van der Waals surface area contributed by atoms with Crippen molar-refractivity contribution in [1.82, 2.24) is 5.32 Å². The van der Waals surface area contributed by atoms with Gasteiger partial charge in [0.25, 0.3) is 0 Å². The fourth-order valence-electron chi connectivity index (χ4n) is 1.42. The standard InChI is InChI=1S/C10H17NO/c1-2-8-11-10(12)9-6-4-3-5-7-9/h3-4,9H,2,5-8H2,1H3,(H,11,12). The summed E-state index contributed by atoms with van der Waals surface area (Å²) in [6.45, 7) is 2.89. The summed E-state index contributed by atoms with van der Waals surface area (Å²) in [6, 6.07) is 0. The Hall–Kier alpha value is -0.790. The molecule has 12 heavy (non-hydrogen) atoms. The summed E-state index contributed by atoms with van der Waals surface area (Å²) < 4.78 is 0. The van der Waals surface area contributed by atoms with Crippen LogP contribution in [0.3, 0.4) is 0 Å². The number of nitrogens with one attached hydrogen (secondary N) is 1. The fourth-order valence-corrected chi connectivity index (χ4v) is 1.42. The summed E-state index contributed by atoms with van der Waals surface area (Å²) >= 11 is 0. The molecule has 0 saturated carbocycles. The van der Waals surface area contributed by atoms with Crippen molar-refractivity contribution >= 4 is 5.91 Å². The van der Waals surface area contributed by atoms with E-state index in [-0.39, 0.29) is 11.8 Å². The highest BCUT2D eigenvalue weighted by molar-refractivity contribution is 5.78. The van der Waals surface area contributed by atoms with Crippen molar-refractivity contribution in [2.24, 2.45) is 5.92 Å². The van der Waals surface area contributed by atoms with Crippen molar-refractivity contribution in [3.63, 3.8) is 0 Å². The normalized spacial score (nSPS) is 22.2. The topological polar surface area (TPSA) is 29.1 Å². The molecule has 2 nitrogen and oxygen atoms in total. The third-order valence-corrected chi connectivity index (χ3v) is 2.19. The number of allylic oxidation sites excluding steroid dienone is 2. The van der Waals surface area contributed by atoms with Gasteiger partial charge in [-0.2, -0.15) is 0 Å². The van der Waals surface area contributed by atoms with Gasteiger partial charge < -0.3 is 5.32 Å². The predicted octanol–water partition coefficient (Wildman–Crippen LogP) is 1.87. The Kier molecular flexibility index (Phi) is 3.85. The van der Waals surface area contributed by atoms with E-state index in [4.69, 9.17) is 0 Å². The largest absolute Gasteiger partial charge is 0.356 e. The molecular formula is C10H17NO. The van der Waals surface area contributed by atoms with E-state index in [1.54, 1.807) is 0 Å². The maximum absolute atomic E-state index is 11.4. The summed E-state index contributed by atoms with van der Waals surface area (Å²) in [7, 11) is 0. The molecule has 0 bridgehead atoms. The number of hydrogen-bond donors (Lipinski definition) is 1. The van der Waals surface area contributed by atoms with Gasteiger partial charge in [0.1, 0.15) is 0 Å². The van der Waals surface area contributed by atoms with Crippen LogP contribution in [0.4, 0.5) is 0 Å². The summed E-state index contributed by atoms with van der Waals surface area (Å²) in [4.78, 5) is 11.4. The van der Waals surface area contributed by atoms with Gasteiger partial charge in [0.2, 0.25) is 5.91 Å². The van der Waals surface area contributed by atoms with Crippen molar-refractivity contribution in [3.05, 3.63) is 12.2 Å². The van der Waals surface area contributed by atoms with Crippen LogP contribution in [-0.4, -0.2) is 12.5 Å². The van der Waals surface area contributed by atoms with E-state index in [1.807, 2.05) is 0 Å². The maximum atomic E-state index is 11.4. The summed E-state index contributed by atoms with van der Waals surface area (Å²) in [5, 5.41) is 2.93. The van der Waals surface area contributed by atoms with Gasteiger partial charge in [-0.15, -0.1) is 0 Å². The van der Waals surface area contributed by atoms with Crippen LogP contribution in [0.1, 0.15) is 32.6 Å². The van der Waals surface area contributed by atoms with Crippen LogP contribution in [0.25, 0.3) is 0 Å². The molecule has 2 heteroatoms. The van der Waals surface area contributed by atoms with Gasteiger partial charge in [-0.25, -0.2) is 0 Å². The Morgan fingerprint density at radius 2 is 2.42 bits per heavy atom. The van der Waals surface area contributed by atoms with Crippen LogP contribution >= 0.6 is 0 Å². The Labute approximate surface area is 74.0 Å². The third-order valence-electron chi connectivity index (χ3n) is 2.19. The van der Waals surface area contributed by atoms with Gasteiger partial charge in [-0.3, -0.25) is 4.79 Å². The molecule has 1 N–H and O–H groups in total. The molecule has 0 fully saturated rings. The first-order chi connectivity index (χ1) is 5.84. The first-order valence-electron chi connectivity index (χ1n) is 4.77. The zero-order valence-corrected chi connectivity index (χ0v) is 7.68. The van der Waals surface area contributed by atoms with E-state index in [0.717, 1.165) is 32.2 Å². The minimum absolute atomic E-state index is 0.237. The molecule has 1 aliphatic carbocycles. The molecule has 0 aromatic carbocycles. The van der Waals surface area contributed by atoms with Crippen LogP contribution in [0, 0.1) is 5.92 Å². The van der Waals surface area contributed by atoms with Crippen molar-refractivity contribution in [3.8, 4) is 0 Å². The van der Waals surface area contributed by atoms with Gasteiger partial charge in [0.15, 0.2) is 0 Å². The number of carbonyl (C=O) groups is 1. The lowest BCUT2D eigenvalue weighted by Crippen LogP contribution is -2.31. The van der Waals surface area contributed by atoms with Crippen molar-refractivity contribution in [2.45, 2.75) is 32.6 Å². The van der Waals surface area contributed by atoms with E-state index in [0.29, 0.717) is 0 Å². The molecular weight excluding hydrogens is 150 g/mol. The molecule has 0 aromatic rings. The first-order valence-corrected chi connectivity index (χ1v) is 4.77. The molecule has 0 aromatic heterocycles. The quantitative estimate of drug-likeness (QED) is 0.639. The first kappa shape index (κ1) is 9.30. The van der Waals surface area contributed by atoms with Crippen molar-refractivity contribution in [1.29, 1.82) is 0 Å². The van der Waals surface area contributed by atoms with Crippen LogP contribution < -0.4 is 5.32 Å². The number of amides is 1. The minimum atomic E-state index is 0.237. The molecule has 0 saturated heterocycles. The number of rotatable bonds is 3. The molecule has 1 rings (SSSR count). The Morgan fingerprint density at radius 1 is 1.58 bits per heavy atom. The van der Waals surface area contributed by atoms with Crippen LogP contribution in [-0.2, 0) is 4.79 Å². The van der Waals surface area contributed by atoms with Gasteiger partial charge >= 0.3 is 0 Å². The Morgan fingerprint density at radius 3 is 3.00 bits per heavy atom. The predicted molar refractivity (Wildman–Crippen MR) is 49.8 cm³/mol. The van der Waals surface area contributed by atoms with Crippen molar-refractivity contribution in [2.75, 3.05) is 6.54 Å².